The van der Waals surface area contributed by atoms with Gasteiger partial charge in [-0.2, -0.15) is 0 Å². The van der Waals surface area contributed by atoms with Crippen LogP contribution in [-0.4, -0.2) is 54.8 Å². The van der Waals surface area contributed by atoms with Crippen LogP contribution < -0.4 is 9.47 Å². The minimum atomic E-state index is -0.939. The molecule has 1 saturated heterocycles. The molecule has 2 aliphatic rings. The molecule has 6 nitrogen and oxygen atoms in total. The van der Waals surface area contributed by atoms with E-state index >= 15 is 0 Å². The van der Waals surface area contributed by atoms with Gasteiger partial charge in [0.05, 0.1) is 25.5 Å². The van der Waals surface area contributed by atoms with E-state index in [1.54, 1.807) is 32.5 Å². The second-order valence-corrected chi connectivity index (χ2v) is 7.81. The van der Waals surface area contributed by atoms with Crippen molar-refractivity contribution in [3.63, 3.8) is 0 Å². The summed E-state index contributed by atoms with van der Waals surface area (Å²) in [5, 5.41) is 9.57. The van der Waals surface area contributed by atoms with Crippen LogP contribution in [-0.2, 0) is 5.41 Å². The lowest BCUT2D eigenvalue weighted by atomic mass is 9.66. The molecule has 2 atom stereocenters. The molecule has 1 N–H and O–H groups in total. The number of carboxylic acids is 1. The van der Waals surface area contributed by atoms with Crippen LogP contribution in [0, 0.1) is 0 Å². The van der Waals surface area contributed by atoms with Gasteiger partial charge in [0.1, 0.15) is 0 Å². The molecule has 0 bridgehead atoms. The van der Waals surface area contributed by atoms with Gasteiger partial charge in [0.2, 0.25) is 0 Å². The van der Waals surface area contributed by atoms with Crippen molar-refractivity contribution in [1.29, 1.82) is 0 Å². The maximum absolute atomic E-state index is 11.7. The number of nitrogens with zero attached hydrogens (tertiary/aromatic N) is 2. The summed E-state index contributed by atoms with van der Waals surface area (Å²) in [6.45, 7) is 0.994. The first-order chi connectivity index (χ1) is 14.0. The average Bonchev–Trinajstić information content (AvgIpc) is 3.10. The van der Waals surface area contributed by atoms with Crippen molar-refractivity contribution in [3.05, 3.63) is 59.4 Å². The van der Waals surface area contributed by atoms with Gasteiger partial charge >= 0.3 is 5.97 Å². The van der Waals surface area contributed by atoms with Crippen LogP contribution in [0.2, 0.25) is 0 Å². The average molecular weight is 394 g/mol. The van der Waals surface area contributed by atoms with Crippen LogP contribution in [0.3, 0.4) is 0 Å². The van der Waals surface area contributed by atoms with Gasteiger partial charge in [-0.3, -0.25) is 4.98 Å². The van der Waals surface area contributed by atoms with Gasteiger partial charge < -0.3 is 19.5 Å². The van der Waals surface area contributed by atoms with Gasteiger partial charge in [-0.15, -0.1) is 0 Å². The summed E-state index contributed by atoms with van der Waals surface area (Å²) in [7, 11) is 5.45. The summed E-state index contributed by atoms with van der Waals surface area (Å²) in [5.74, 6) is 0.521. The molecule has 1 aliphatic carbocycles. The summed E-state index contributed by atoms with van der Waals surface area (Å²) in [4.78, 5) is 18.5. The van der Waals surface area contributed by atoms with E-state index in [1.165, 1.54) is 5.56 Å². The third-order valence-corrected chi connectivity index (χ3v) is 6.51. The Bertz CT molecular complexity index is 971. The Labute approximate surface area is 170 Å². The number of benzene rings is 1. The topological polar surface area (TPSA) is 71.9 Å². The number of methoxy groups -OCH3 is 2. The molecule has 0 amide bonds. The Morgan fingerprint density at radius 1 is 1.24 bits per heavy atom. The molecule has 1 aromatic heterocycles. The van der Waals surface area contributed by atoms with E-state index in [1.807, 2.05) is 6.07 Å². The van der Waals surface area contributed by atoms with Crippen LogP contribution in [0.25, 0.3) is 5.57 Å². The largest absolute Gasteiger partial charge is 0.493 e. The quantitative estimate of drug-likeness (QED) is 0.835. The van der Waals surface area contributed by atoms with Crippen molar-refractivity contribution in [2.75, 3.05) is 27.8 Å². The molecule has 29 heavy (non-hydrogen) atoms. The summed E-state index contributed by atoms with van der Waals surface area (Å²) < 4.78 is 11.0. The molecule has 0 radical (unpaired) electrons. The third kappa shape index (κ3) is 3.17. The number of pyridine rings is 1. The predicted octanol–water partition coefficient (Wildman–Crippen LogP) is 3.62. The molecule has 2 aromatic rings. The highest BCUT2D eigenvalue weighted by molar-refractivity contribution is 5.93. The molecule has 1 aliphatic heterocycles. The number of fused-ring (bicyclic) bond motifs is 1. The molecule has 1 fully saturated rings. The first-order valence-corrected chi connectivity index (χ1v) is 9.80. The SMILES string of the molecule is COc1ccc(C23CC=C(c4ncccc4C(=O)O)CC2N(C)CC3)cc1OC. The molecular formula is C23H26N2O4. The van der Waals surface area contributed by atoms with Gasteiger partial charge in [-0.25, -0.2) is 4.79 Å². The van der Waals surface area contributed by atoms with Crippen molar-refractivity contribution in [1.82, 2.24) is 9.88 Å². The first kappa shape index (κ1) is 19.5. The number of ether oxygens (including phenoxy) is 2. The zero-order valence-electron chi connectivity index (χ0n) is 17.0. The molecule has 6 heteroatoms. The van der Waals surface area contributed by atoms with Crippen LogP contribution in [0.15, 0.2) is 42.6 Å². The molecule has 2 unspecified atom stereocenters. The number of hydrogen-bond acceptors (Lipinski definition) is 5. The zero-order valence-corrected chi connectivity index (χ0v) is 17.0. The number of likely N-dealkylation sites (tertiary alicyclic amines) is 1. The Morgan fingerprint density at radius 3 is 2.76 bits per heavy atom. The second-order valence-electron chi connectivity index (χ2n) is 7.81. The van der Waals surface area contributed by atoms with Crippen molar-refractivity contribution in [2.45, 2.75) is 30.7 Å². The molecule has 4 rings (SSSR count). The number of aromatic nitrogens is 1. The standard InChI is InChI=1S/C23H26N2O4/c1-25-12-10-23(16-6-7-18(28-2)19(14-16)29-3)9-8-15(13-20(23)25)21-17(22(26)27)5-4-11-24-21/h4-8,11,14,20H,9-10,12-13H2,1-3H3,(H,26,27). The van der Waals surface area contributed by atoms with Gasteiger partial charge in [-0.1, -0.05) is 12.1 Å². The smallest absolute Gasteiger partial charge is 0.337 e. The van der Waals surface area contributed by atoms with Crippen molar-refractivity contribution >= 4 is 11.5 Å². The van der Waals surface area contributed by atoms with E-state index in [0.717, 1.165) is 42.9 Å². The highest BCUT2D eigenvalue weighted by Gasteiger charge is 2.49. The summed E-state index contributed by atoms with van der Waals surface area (Å²) in [6, 6.07) is 9.76. The highest BCUT2D eigenvalue weighted by Crippen LogP contribution is 2.50. The predicted molar refractivity (Wildman–Crippen MR) is 111 cm³/mol. The fourth-order valence-electron chi connectivity index (χ4n) is 4.93. The fourth-order valence-corrected chi connectivity index (χ4v) is 4.93. The lowest BCUT2D eigenvalue weighted by Gasteiger charge is -2.41. The molecule has 152 valence electrons. The van der Waals surface area contributed by atoms with Crippen LogP contribution in [0.1, 0.15) is 40.9 Å². The van der Waals surface area contributed by atoms with E-state index in [4.69, 9.17) is 9.47 Å². The lowest BCUT2D eigenvalue weighted by molar-refractivity contribution is 0.0696. The Hall–Kier alpha value is -2.86. The zero-order chi connectivity index (χ0) is 20.6. The van der Waals surface area contributed by atoms with Gasteiger partial charge in [0.15, 0.2) is 11.5 Å². The van der Waals surface area contributed by atoms with Crippen LogP contribution in [0.5, 0.6) is 11.5 Å². The minimum absolute atomic E-state index is 0.0318. The number of rotatable bonds is 5. The Balaban J connectivity index is 1.76. The van der Waals surface area contributed by atoms with Crippen LogP contribution >= 0.6 is 0 Å². The number of carboxylic acid groups (broad SMARTS) is 1. The molecule has 0 saturated carbocycles. The van der Waals surface area contributed by atoms with Crippen LogP contribution in [0.4, 0.5) is 0 Å². The molecule has 1 aromatic carbocycles. The number of aromatic carboxylic acids is 1. The third-order valence-electron chi connectivity index (χ3n) is 6.51. The van der Waals surface area contributed by atoms with Gasteiger partial charge in [0.25, 0.3) is 0 Å². The number of allylic oxidation sites excluding steroid dienone is 1. The van der Waals surface area contributed by atoms with E-state index < -0.39 is 5.97 Å². The van der Waals surface area contributed by atoms with E-state index in [-0.39, 0.29) is 17.0 Å². The molecular weight excluding hydrogens is 368 g/mol. The number of likely N-dealkylation sites (N-methyl/N-ethyl adjacent to an activating group) is 1. The highest BCUT2D eigenvalue weighted by atomic mass is 16.5. The summed E-state index contributed by atoms with van der Waals surface area (Å²) in [5.41, 5.74) is 3.06. The molecule has 2 heterocycles. The van der Waals surface area contributed by atoms with E-state index in [9.17, 15) is 9.90 Å². The molecule has 0 spiro atoms. The van der Waals surface area contributed by atoms with Gasteiger partial charge in [-0.05, 0) is 68.3 Å². The van der Waals surface area contributed by atoms with Gasteiger partial charge in [0, 0.05) is 17.7 Å². The van der Waals surface area contributed by atoms with Crippen molar-refractivity contribution in [2.24, 2.45) is 0 Å². The number of hydrogen-bond donors (Lipinski definition) is 1. The van der Waals surface area contributed by atoms with E-state index in [0.29, 0.717) is 5.69 Å². The fraction of sp³-hybridized carbons (Fsp3) is 0.391. The number of carbonyl (C=O) groups is 1. The van der Waals surface area contributed by atoms with Crippen molar-refractivity contribution in [3.8, 4) is 11.5 Å². The normalized spacial score (nSPS) is 24.0. The maximum Gasteiger partial charge on any atom is 0.337 e. The Morgan fingerprint density at radius 2 is 2.03 bits per heavy atom. The van der Waals surface area contributed by atoms with E-state index in [2.05, 4.69) is 35.1 Å². The maximum atomic E-state index is 11.7. The summed E-state index contributed by atoms with van der Waals surface area (Å²) >= 11 is 0. The monoisotopic (exact) mass is 394 g/mol. The van der Waals surface area contributed by atoms with Crippen molar-refractivity contribution < 1.29 is 19.4 Å². The minimum Gasteiger partial charge on any atom is -0.493 e. The first-order valence-electron chi connectivity index (χ1n) is 9.80. The second kappa shape index (κ2) is 7.52. The Kier molecular flexibility index (Phi) is 5.04. The summed E-state index contributed by atoms with van der Waals surface area (Å²) in [6.07, 6.45) is 6.49. The lowest BCUT2D eigenvalue weighted by Crippen LogP contribution is -2.43.